The summed E-state index contributed by atoms with van der Waals surface area (Å²) in [5.74, 6) is 0.140. The topological polar surface area (TPSA) is 164 Å². The van der Waals surface area contributed by atoms with E-state index in [1.54, 1.807) is 36.4 Å². The second-order valence-electron chi connectivity index (χ2n) is 11.1. The Morgan fingerprint density at radius 2 is 1.89 bits per heavy atom. The van der Waals surface area contributed by atoms with E-state index in [0.29, 0.717) is 65.5 Å². The lowest BCUT2D eigenvalue weighted by atomic mass is 10.0. The Morgan fingerprint density at radius 3 is 2.64 bits per heavy atom. The zero-order valence-electron chi connectivity index (χ0n) is 24.1. The van der Waals surface area contributed by atoms with E-state index < -0.39 is 11.7 Å². The highest BCUT2D eigenvalue weighted by atomic mass is 35.5. The second kappa shape index (κ2) is 12.4. The lowest BCUT2D eigenvalue weighted by molar-refractivity contribution is 0.0490. The number of aliphatic hydroxyl groups is 2. The summed E-state index contributed by atoms with van der Waals surface area (Å²) in [5.41, 5.74) is 2.56. The number of aromatic nitrogens is 3. The van der Waals surface area contributed by atoms with Crippen LogP contribution >= 0.6 is 11.6 Å². The highest BCUT2D eigenvalue weighted by molar-refractivity contribution is 6.31. The minimum absolute atomic E-state index is 0.00372. The van der Waals surface area contributed by atoms with Gasteiger partial charge in [0.1, 0.15) is 29.8 Å². The maximum absolute atomic E-state index is 13.4. The van der Waals surface area contributed by atoms with Gasteiger partial charge in [-0.1, -0.05) is 17.7 Å². The number of β-amino-alcohol motifs (C(OH)–C–C–N with tert-alkyl or cyclic N) is 1. The lowest BCUT2D eigenvalue weighted by Gasteiger charge is -2.35. The van der Waals surface area contributed by atoms with Crippen LogP contribution in [0.3, 0.4) is 0 Å². The van der Waals surface area contributed by atoms with Crippen molar-refractivity contribution < 1.29 is 24.5 Å². The van der Waals surface area contributed by atoms with Crippen LogP contribution in [0.1, 0.15) is 39.1 Å². The van der Waals surface area contributed by atoms with Crippen molar-refractivity contribution in [2.75, 3.05) is 44.7 Å². The number of nitrogens with one attached hydrogen (secondary N) is 3. The quantitative estimate of drug-likeness (QED) is 0.168. The van der Waals surface area contributed by atoms with Crippen LogP contribution in [-0.2, 0) is 0 Å². The number of imidazole rings is 1. The molecule has 2 amide bonds. The third-order valence-electron chi connectivity index (χ3n) is 8.23. The molecule has 13 heteroatoms. The van der Waals surface area contributed by atoms with Crippen LogP contribution in [0.25, 0.3) is 22.4 Å². The van der Waals surface area contributed by atoms with E-state index >= 15 is 0 Å². The number of likely N-dealkylation sites (tertiary alicyclic amines) is 1. The molecule has 6 rings (SSSR count). The molecule has 44 heavy (non-hydrogen) atoms. The highest BCUT2D eigenvalue weighted by Gasteiger charge is 2.41. The molecular weight excluding hydrogens is 588 g/mol. The van der Waals surface area contributed by atoms with E-state index in [2.05, 4.69) is 25.2 Å². The SMILES string of the molecule is Cc1c(Cl)cccc1OC[C@H](O)CNc1cc[nH]c(=O)c1-c1nc2cc3c(cc2[nH]1)C(=O)N(C1CCN(CCO)CC1)C3=O. The molecule has 4 heterocycles. The average Bonchev–Trinajstić information content (AvgIpc) is 3.53. The number of rotatable bonds is 10. The first kappa shape index (κ1) is 29.8. The van der Waals surface area contributed by atoms with Gasteiger partial charge < -0.3 is 35.1 Å². The third-order valence-corrected chi connectivity index (χ3v) is 8.64. The molecular formula is C31H33ClN6O6. The van der Waals surface area contributed by atoms with E-state index in [9.17, 15) is 24.6 Å². The maximum atomic E-state index is 13.4. The molecule has 230 valence electrons. The fourth-order valence-electron chi connectivity index (χ4n) is 5.83. The summed E-state index contributed by atoms with van der Waals surface area (Å²) < 4.78 is 5.73. The molecule has 12 nitrogen and oxygen atoms in total. The van der Waals surface area contributed by atoms with Crippen LogP contribution in [0, 0.1) is 6.92 Å². The number of hydrogen-bond acceptors (Lipinski definition) is 9. The van der Waals surface area contributed by atoms with Crippen molar-refractivity contribution in [2.45, 2.75) is 31.9 Å². The summed E-state index contributed by atoms with van der Waals surface area (Å²) in [7, 11) is 0. The highest BCUT2D eigenvalue weighted by Crippen LogP contribution is 2.33. The Labute approximate surface area is 257 Å². The van der Waals surface area contributed by atoms with Crippen molar-refractivity contribution in [3.05, 3.63) is 74.7 Å². The summed E-state index contributed by atoms with van der Waals surface area (Å²) in [5, 5.41) is 23.4. The number of anilines is 1. The molecule has 4 aromatic rings. The summed E-state index contributed by atoms with van der Waals surface area (Å²) >= 11 is 6.15. The van der Waals surface area contributed by atoms with Crippen molar-refractivity contribution in [1.82, 2.24) is 24.8 Å². The van der Waals surface area contributed by atoms with E-state index in [0.717, 1.165) is 5.56 Å². The first-order valence-electron chi connectivity index (χ1n) is 14.5. The van der Waals surface area contributed by atoms with Gasteiger partial charge in [-0.15, -0.1) is 0 Å². The predicted molar refractivity (Wildman–Crippen MR) is 165 cm³/mol. The monoisotopic (exact) mass is 620 g/mol. The Hall–Kier alpha value is -4.23. The molecule has 0 unspecified atom stereocenters. The van der Waals surface area contributed by atoms with Gasteiger partial charge in [0, 0.05) is 49.0 Å². The minimum Gasteiger partial charge on any atom is -0.490 e. The van der Waals surface area contributed by atoms with Gasteiger partial charge in [-0.2, -0.15) is 0 Å². The number of piperidine rings is 1. The zero-order chi connectivity index (χ0) is 31.0. The van der Waals surface area contributed by atoms with Gasteiger partial charge in [0.2, 0.25) is 0 Å². The van der Waals surface area contributed by atoms with Crippen LogP contribution in [-0.4, -0.2) is 98.3 Å². The number of aliphatic hydroxyl groups excluding tert-OH is 2. The largest absolute Gasteiger partial charge is 0.490 e. The number of hydrogen-bond donors (Lipinski definition) is 5. The Morgan fingerprint density at radius 1 is 1.14 bits per heavy atom. The molecule has 0 radical (unpaired) electrons. The number of halogens is 1. The number of imide groups is 1. The number of carbonyl (C=O) groups is 2. The number of aromatic amines is 2. The molecule has 0 bridgehead atoms. The molecule has 2 aliphatic rings. The predicted octanol–water partition coefficient (Wildman–Crippen LogP) is 2.78. The van der Waals surface area contributed by atoms with E-state index in [1.807, 2.05) is 6.92 Å². The van der Waals surface area contributed by atoms with Crippen LogP contribution < -0.4 is 15.6 Å². The number of nitrogens with zero attached hydrogens (tertiary/aromatic N) is 3. The maximum Gasteiger partial charge on any atom is 0.261 e. The third kappa shape index (κ3) is 5.69. The normalized spacial score (nSPS) is 16.5. The number of ether oxygens (including phenoxy) is 1. The Bertz CT molecular complexity index is 1730. The van der Waals surface area contributed by atoms with Crippen molar-refractivity contribution in [3.8, 4) is 17.1 Å². The van der Waals surface area contributed by atoms with Gasteiger partial charge in [-0.05, 0) is 50.1 Å². The van der Waals surface area contributed by atoms with E-state index in [-0.39, 0.29) is 54.6 Å². The van der Waals surface area contributed by atoms with Gasteiger partial charge in [0.05, 0.1) is 34.5 Å². The van der Waals surface area contributed by atoms with Crippen molar-refractivity contribution in [2.24, 2.45) is 0 Å². The molecule has 1 saturated heterocycles. The number of benzene rings is 2. The van der Waals surface area contributed by atoms with Crippen molar-refractivity contribution in [3.63, 3.8) is 0 Å². The van der Waals surface area contributed by atoms with Crippen LogP contribution in [0.4, 0.5) is 5.69 Å². The summed E-state index contributed by atoms with van der Waals surface area (Å²) in [6, 6.07) is 9.97. The van der Waals surface area contributed by atoms with Crippen LogP contribution in [0.2, 0.25) is 5.02 Å². The van der Waals surface area contributed by atoms with Gasteiger partial charge in [0.15, 0.2) is 0 Å². The number of pyridine rings is 1. The fraction of sp³-hybridized carbons (Fsp3) is 0.355. The smallest absolute Gasteiger partial charge is 0.261 e. The molecule has 5 N–H and O–H groups in total. The van der Waals surface area contributed by atoms with E-state index in [1.165, 1.54) is 11.1 Å². The number of carbonyl (C=O) groups excluding carboxylic acids is 2. The molecule has 2 aromatic carbocycles. The van der Waals surface area contributed by atoms with E-state index in [4.69, 9.17) is 16.3 Å². The van der Waals surface area contributed by atoms with Crippen molar-refractivity contribution >= 4 is 40.1 Å². The molecule has 1 fully saturated rings. The Balaban J connectivity index is 1.18. The summed E-state index contributed by atoms with van der Waals surface area (Å²) in [6.45, 7) is 3.99. The van der Waals surface area contributed by atoms with Gasteiger partial charge in [-0.3, -0.25) is 19.3 Å². The number of H-pyrrole nitrogens is 2. The fourth-order valence-corrected chi connectivity index (χ4v) is 6.00. The summed E-state index contributed by atoms with van der Waals surface area (Å²) in [4.78, 5) is 53.6. The molecule has 2 aliphatic heterocycles. The molecule has 1 atom stereocenters. The molecule has 0 spiro atoms. The molecule has 0 aliphatic carbocycles. The Kier molecular flexibility index (Phi) is 8.41. The lowest BCUT2D eigenvalue weighted by Crippen LogP contribution is -2.47. The molecule has 0 saturated carbocycles. The average molecular weight is 621 g/mol. The standard InChI is InChI=1S/C31H33ClN6O6/c1-17-22(32)3-2-4-26(17)44-16-19(40)15-34-23-5-8-33-29(41)27(23)28-35-24-13-20-21(14-25(24)36-28)31(43)38(30(20)42)18-6-9-37(10-7-18)11-12-39/h2-5,8,13-14,18-19,39-40H,6-7,9-12,15-16H2,1H3,(H,35,36)(H2,33,34,41)/t19-/m1/s1. The van der Waals surface area contributed by atoms with Gasteiger partial charge in [-0.25, -0.2) is 4.98 Å². The molecule has 2 aromatic heterocycles. The summed E-state index contributed by atoms with van der Waals surface area (Å²) in [6.07, 6.45) is 1.89. The first-order valence-corrected chi connectivity index (χ1v) is 14.9. The second-order valence-corrected chi connectivity index (χ2v) is 11.5. The van der Waals surface area contributed by atoms with Crippen LogP contribution in [0.5, 0.6) is 5.75 Å². The van der Waals surface area contributed by atoms with Gasteiger partial charge >= 0.3 is 0 Å². The van der Waals surface area contributed by atoms with Crippen molar-refractivity contribution in [1.29, 1.82) is 0 Å². The number of fused-ring (bicyclic) bond motifs is 2. The minimum atomic E-state index is -0.902. The van der Waals surface area contributed by atoms with Gasteiger partial charge in [0.25, 0.3) is 17.4 Å². The zero-order valence-corrected chi connectivity index (χ0v) is 24.9. The first-order chi connectivity index (χ1) is 21.2. The number of amides is 2. The van der Waals surface area contributed by atoms with Crippen LogP contribution in [0.15, 0.2) is 47.4 Å².